The van der Waals surface area contributed by atoms with E-state index in [2.05, 4.69) is 5.32 Å². The van der Waals surface area contributed by atoms with E-state index in [0.717, 1.165) is 25.3 Å². The van der Waals surface area contributed by atoms with E-state index in [1.807, 2.05) is 0 Å². The number of rotatable bonds is 3. The normalized spacial score (nSPS) is 19.4. The monoisotopic (exact) mass is 253 g/mol. The predicted molar refractivity (Wildman–Crippen MR) is 66.4 cm³/mol. The number of aromatic hydroxyl groups is 1. The Morgan fingerprint density at radius 2 is 2.28 bits per heavy atom. The van der Waals surface area contributed by atoms with Gasteiger partial charge in [0, 0.05) is 6.61 Å². The number of phenolic OH excluding ortho intramolecular Hbond substituents is 1. The fourth-order valence-electron chi connectivity index (χ4n) is 1.89. The van der Waals surface area contributed by atoms with Gasteiger partial charge in [-0.2, -0.15) is 0 Å². The highest BCUT2D eigenvalue weighted by Crippen LogP contribution is 2.34. The fraction of sp³-hybridized carbons (Fsp3) is 0.455. The smallest absolute Gasteiger partial charge is 0.296 e. The molecule has 0 saturated carbocycles. The van der Waals surface area contributed by atoms with E-state index in [1.54, 1.807) is 0 Å². The largest absolute Gasteiger partial charge is 0.506 e. The number of hydrogen-bond donors (Lipinski definition) is 3. The maximum absolute atomic E-state index is 10.9. The van der Waals surface area contributed by atoms with Crippen LogP contribution in [0.25, 0.3) is 0 Å². The number of nitrogens with two attached hydrogens (primary N) is 1. The van der Waals surface area contributed by atoms with E-state index in [-0.39, 0.29) is 29.0 Å². The topological polar surface area (TPSA) is 111 Å². The molecule has 1 aliphatic rings. The molecule has 0 radical (unpaired) electrons. The first-order valence-corrected chi connectivity index (χ1v) is 5.73. The van der Waals surface area contributed by atoms with Gasteiger partial charge in [-0.1, -0.05) is 0 Å². The molecule has 0 aliphatic carbocycles. The van der Waals surface area contributed by atoms with Crippen LogP contribution >= 0.6 is 0 Å². The molecule has 98 valence electrons. The second kappa shape index (κ2) is 5.09. The van der Waals surface area contributed by atoms with Gasteiger partial charge in [-0.3, -0.25) is 10.1 Å². The minimum atomic E-state index is -0.565. The molecule has 1 fully saturated rings. The third-order valence-corrected chi connectivity index (χ3v) is 2.84. The molecule has 0 spiro atoms. The van der Waals surface area contributed by atoms with Crippen molar-refractivity contribution in [3.8, 4) is 5.75 Å². The van der Waals surface area contributed by atoms with Crippen LogP contribution in [0.1, 0.15) is 19.3 Å². The van der Waals surface area contributed by atoms with Gasteiger partial charge in [0.15, 0.2) is 0 Å². The van der Waals surface area contributed by atoms with Gasteiger partial charge in [0.2, 0.25) is 0 Å². The number of nitrogens with one attached hydrogen (secondary N) is 1. The second-order valence-electron chi connectivity index (χ2n) is 4.18. The van der Waals surface area contributed by atoms with E-state index >= 15 is 0 Å². The van der Waals surface area contributed by atoms with Crippen LogP contribution in [0, 0.1) is 10.1 Å². The summed E-state index contributed by atoms with van der Waals surface area (Å²) in [4.78, 5) is 10.3. The van der Waals surface area contributed by atoms with Crippen LogP contribution in [-0.4, -0.2) is 22.9 Å². The molecule has 1 aliphatic heterocycles. The molecule has 0 bridgehead atoms. The Hall–Kier alpha value is -2.02. The van der Waals surface area contributed by atoms with Crippen molar-refractivity contribution in [3.63, 3.8) is 0 Å². The lowest BCUT2D eigenvalue weighted by Crippen LogP contribution is -2.27. The number of benzene rings is 1. The van der Waals surface area contributed by atoms with Crippen molar-refractivity contribution in [2.45, 2.75) is 25.5 Å². The summed E-state index contributed by atoms with van der Waals surface area (Å²) in [5.74, 6) is -0.295. The molecule has 1 unspecified atom stereocenters. The number of nitro benzene ring substituents is 1. The average Bonchev–Trinajstić information content (AvgIpc) is 2.34. The quantitative estimate of drug-likeness (QED) is 0.249. The minimum Gasteiger partial charge on any atom is -0.506 e. The summed E-state index contributed by atoms with van der Waals surface area (Å²) in [6.07, 6.45) is 2.55. The highest BCUT2D eigenvalue weighted by atomic mass is 16.6. The molecule has 1 saturated heterocycles. The van der Waals surface area contributed by atoms with Gasteiger partial charge in [0.05, 0.1) is 16.7 Å². The second-order valence-corrected chi connectivity index (χ2v) is 4.18. The molecule has 18 heavy (non-hydrogen) atoms. The van der Waals surface area contributed by atoms with E-state index < -0.39 is 4.92 Å². The van der Waals surface area contributed by atoms with Crippen molar-refractivity contribution < 1.29 is 14.8 Å². The van der Waals surface area contributed by atoms with Crippen molar-refractivity contribution in [1.29, 1.82) is 0 Å². The molecule has 2 rings (SSSR count). The van der Waals surface area contributed by atoms with Crippen LogP contribution in [0.4, 0.5) is 17.1 Å². The Bertz CT molecular complexity index is 458. The van der Waals surface area contributed by atoms with Gasteiger partial charge >= 0.3 is 0 Å². The molecule has 1 atom stereocenters. The SMILES string of the molecule is Nc1cc(NC2CCCCO2)c([N+](=O)[O-])cc1O. The summed E-state index contributed by atoms with van der Waals surface area (Å²) in [5.41, 5.74) is 5.69. The number of ether oxygens (including phenoxy) is 1. The minimum absolute atomic E-state index is 0.0962. The number of hydrogen-bond acceptors (Lipinski definition) is 6. The summed E-state index contributed by atoms with van der Waals surface area (Å²) in [6.45, 7) is 0.638. The highest BCUT2D eigenvalue weighted by Gasteiger charge is 2.21. The van der Waals surface area contributed by atoms with Crippen molar-refractivity contribution in [1.82, 2.24) is 0 Å². The van der Waals surface area contributed by atoms with Crippen LogP contribution < -0.4 is 11.1 Å². The Labute approximate surface area is 104 Å². The zero-order valence-corrected chi connectivity index (χ0v) is 9.76. The number of nitro groups is 1. The first kappa shape index (κ1) is 12.4. The van der Waals surface area contributed by atoms with Crippen molar-refractivity contribution in [3.05, 3.63) is 22.2 Å². The zero-order chi connectivity index (χ0) is 13.1. The Morgan fingerprint density at radius 1 is 1.50 bits per heavy atom. The lowest BCUT2D eigenvalue weighted by atomic mass is 10.1. The van der Waals surface area contributed by atoms with Gasteiger partial charge in [-0.05, 0) is 25.3 Å². The van der Waals surface area contributed by atoms with E-state index in [4.69, 9.17) is 10.5 Å². The summed E-state index contributed by atoms with van der Waals surface area (Å²) < 4.78 is 5.45. The van der Waals surface area contributed by atoms with Crippen LogP contribution in [-0.2, 0) is 4.74 Å². The molecular weight excluding hydrogens is 238 g/mol. The van der Waals surface area contributed by atoms with Crippen LogP contribution in [0.15, 0.2) is 12.1 Å². The Morgan fingerprint density at radius 3 is 2.89 bits per heavy atom. The van der Waals surface area contributed by atoms with Gasteiger partial charge in [-0.25, -0.2) is 0 Å². The molecule has 1 aromatic carbocycles. The molecule has 1 heterocycles. The number of phenols is 1. The van der Waals surface area contributed by atoms with Crippen molar-refractivity contribution in [2.75, 3.05) is 17.7 Å². The molecular formula is C11H15N3O4. The standard InChI is InChI=1S/C11H15N3O4/c12-7-5-8(9(14(16)17)6-10(7)15)13-11-3-1-2-4-18-11/h5-6,11,13,15H,1-4,12H2. The number of nitrogen functional groups attached to an aromatic ring is 1. The summed E-state index contributed by atoms with van der Waals surface area (Å²) >= 11 is 0. The fourth-order valence-corrected chi connectivity index (χ4v) is 1.89. The molecule has 0 amide bonds. The van der Waals surface area contributed by atoms with Gasteiger partial charge in [0.25, 0.3) is 5.69 Å². The summed E-state index contributed by atoms with van der Waals surface area (Å²) in [6, 6.07) is 2.39. The van der Waals surface area contributed by atoms with Crippen LogP contribution in [0.2, 0.25) is 0 Å². The van der Waals surface area contributed by atoms with E-state index in [0.29, 0.717) is 6.61 Å². The molecule has 1 aromatic rings. The van der Waals surface area contributed by atoms with Gasteiger partial charge in [-0.15, -0.1) is 0 Å². The van der Waals surface area contributed by atoms with Crippen LogP contribution in [0.5, 0.6) is 5.75 Å². The maximum atomic E-state index is 10.9. The predicted octanol–water partition coefficient (Wildman–Crippen LogP) is 1.82. The molecule has 7 nitrogen and oxygen atoms in total. The first-order valence-electron chi connectivity index (χ1n) is 5.73. The number of anilines is 2. The number of nitrogens with zero attached hydrogens (tertiary/aromatic N) is 1. The van der Waals surface area contributed by atoms with Crippen LogP contribution in [0.3, 0.4) is 0 Å². The summed E-state index contributed by atoms with van der Waals surface area (Å²) in [5, 5.41) is 23.2. The van der Waals surface area contributed by atoms with E-state index in [1.165, 1.54) is 6.07 Å². The molecule has 7 heteroatoms. The maximum Gasteiger partial charge on any atom is 0.296 e. The Balaban J connectivity index is 2.24. The van der Waals surface area contributed by atoms with Gasteiger partial charge < -0.3 is 20.9 Å². The average molecular weight is 253 g/mol. The lowest BCUT2D eigenvalue weighted by molar-refractivity contribution is -0.384. The zero-order valence-electron chi connectivity index (χ0n) is 9.76. The first-order chi connectivity index (χ1) is 8.58. The summed E-state index contributed by atoms with van der Waals surface area (Å²) in [7, 11) is 0. The third-order valence-electron chi connectivity index (χ3n) is 2.84. The lowest BCUT2D eigenvalue weighted by Gasteiger charge is -2.24. The molecule has 4 N–H and O–H groups in total. The van der Waals surface area contributed by atoms with Crippen molar-refractivity contribution >= 4 is 17.1 Å². The Kier molecular flexibility index (Phi) is 3.52. The highest BCUT2D eigenvalue weighted by molar-refractivity contribution is 5.72. The van der Waals surface area contributed by atoms with Crippen molar-refractivity contribution in [2.24, 2.45) is 0 Å². The van der Waals surface area contributed by atoms with E-state index in [9.17, 15) is 15.2 Å². The van der Waals surface area contributed by atoms with Gasteiger partial charge in [0.1, 0.15) is 17.7 Å². The third kappa shape index (κ3) is 2.62. The molecule has 0 aromatic heterocycles.